The van der Waals surface area contributed by atoms with Crippen LogP contribution in [0.5, 0.6) is 11.5 Å². The first-order valence-corrected chi connectivity index (χ1v) is 7.47. The summed E-state index contributed by atoms with van der Waals surface area (Å²) < 4.78 is 20.9. The van der Waals surface area contributed by atoms with Gasteiger partial charge in [-0.05, 0) is 24.0 Å². The molecular formula is C14H23NO4S. The molecule has 1 N–H and O–H groups in total. The fourth-order valence-corrected chi connectivity index (χ4v) is 2.44. The zero-order valence-electron chi connectivity index (χ0n) is 12.7. The lowest BCUT2D eigenvalue weighted by molar-refractivity contribution is -0.0989. The van der Waals surface area contributed by atoms with Crippen molar-refractivity contribution in [1.29, 1.82) is 0 Å². The molecule has 1 rings (SSSR count). The van der Waals surface area contributed by atoms with Gasteiger partial charge in [-0.2, -0.15) is 0 Å². The van der Waals surface area contributed by atoms with E-state index in [-0.39, 0.29) is 6.29 Å². The third-order valence-electron chi connectivity index (χ3n) is 2.94. The highest BCUT2D eigenvalue weighted by Crippen LogP contribution is 2.34. The van der Waals surface area contributed by atoms with Gasteiger partial charge in [0, 0.05) is 32.2 Å². The Morgan fingerprint density at radius 2 is 1.65 bits per heavy atom. The van der Waals surface area contributed by atoms with Crippen molar-refractivity contribution in [2.75, 3.05) is 41.2 Å². The van der Waals surface area contributed by atoms with E-state index in [1.165, 1.54) is 0 Å². The number of methoxy groups -OCH3 is 4. The topological polar surface area (TPSA) is 49.0 Å². The molecule has 114 valence electrons. The molecule has 0 aliphatic rings. The van der Waals surface area contributed by atoms with Gasteiger partial charge in [0.15, 0.2) is 17.8 Å². The summed E-state index contributed by atoms with van der Waals surface area (Å²) in [5, 5.41) is 3.31. The van der Waals surface area contributed by atoms with Crippen molar-refractivity contribution >= 4 is 11.8 Å². The number of benzene rings is 1. The van der Waals surface area contributed by atoms with Crippen molar-refractivity contribution in [1.82, 2.24) is 5.32 Å². The van der Waals surface area contributed by atoms with Crippen LogP contribution in [0.4, 0.5) is 0 Å². The molecule has 0 bridgehead atoms. The Labute approximate surface area is 124 Å². The Hall–Kier alpha value is -0.950. The summed E-state index contributed by atoms with van der Waals surface area (Å²) in [6.07, 6.45) is 1.80. The van der Waals surface area contributed by atoms with Gasteiger partial charge in [-0.25, -0.2) is 0 Å². The number of nitrogens with one attached hydrogen (secondary N) is 1. The predicted octanol–water partition coefficient (Wildman–Crippen LogP) is 2.13. The lowest BCUT2D eigenvalue weighted by Gasteiger charge is -2.16. The number of hydrogen-bond acceptors (Lipinski definition) is 6. The first-order chi connectivity index (χ1) is 9.69. The Bertz CT molecular complexity index is 410. The van der Waals surface area contributed by atoms with Crippen molar-refractivity contribution in [3.63, 3.8) is 0 Å². The second-order valence-electron chi connectivity index (χ2n) is 4.05. The van der Waals surface area contributed by atoms with Gasteiger partial charge < -0.3 is 24.3 Å². The minimum Gasteiger partial charge on any atom is -0.493 e. The van der Waals surface area contributed by atoms with Gasteiger partial charge in [0.05, 0.1) is 14.2 Å². The molecule has 0 unspecified atom stereocenters. The lowest BCUT2D eigenvalue weighted by Crippen LogP contribution is -2.29. The molecule has 0 heterocycles. The highest BCUT2D eigenvalue weighted by Gasteiger charge is 2.11. The number of ether oxygens (including phenoxy) is 4. The molecule has 0 amide bonds. The van der Waals surface area contributed by atoms with Crippen LogP contribution in [-0.4, -0.2) is 47.5 Å². The van der Waals surface area contributed by atoms with Crippen LogP contribution in [0.3, 0.4) is 0 Å². The fraction of sp³-hybridized carbons (Fsp3) is 0.571. The molecule has 6 heteroatoms. The van der Waals surface area contributed by atoms with Crippen molar-refractivity contribution in [2.24, 2.45) is 0 Å². The smallest absolute Gasteiger partial charge is 0.169 e. The lowest BCUT2D eigenvalue weighted by atomic mass is 10.2. The second-order valence-corrected chi connectivity index (χ2v) is 4.90. The van der Waals surface area contributed by atoms with Crippen LogP contribution < -0.4 is 14.8 Å². The predicted molar refractivity (Wildman–Crippen MR) is 80.8 cm³/mol. The molecule has 1 aromatic rings. The maximum Gasteiger partial charge on any atom is 0.169 e. The maximum atomic E-state index is 5.33. The molecule has 0 radical (unpaired) electrons. The van der Waals surface area contributed by atoms with Crippen LogP contribution in [-0.2, 0) is 16.0 Å². The maximum absolute atomic E-state index is 5.33. The van der Waals surface area contributed by atoms with E-state index in [1.54, 1.807) is 40.2 Å². The van der Waals surface area contributed by atoms with Crippen molar-refractivity contribution in [3.8, 4) is 11.5 Å². The van der Waals surface area contributed by atoms with Crippen LogP contribution in [0.2, 0.25) is 0 Å². The van der Waals surface area contributed by atoms with E-state index < -0.39 is 0 Å². The van der Waals surface area contributed by atoms with Crippen LogP contribution in [0.25, 0.3) is 0 Å². The number of rotatable bonds is 9. The van der Waals surface area contributed by atoms with Gasteiger partial charge in [0.25, 0.3) is 0 Å². The minimum atomic E-state index is -0.243. The number of hydrogen-bond donors (Lipinski definition) is 1. The second kappa shape index (κ2) is 9.07. The van der Waals surface area contributed by atoms with Crippen molar-refractivity contribution < 1.29 is 18.9 Å². The van der Waals surface area contributed by atoms with Gasteiger partial charge in [-0.1, -0.05) is 0 Å². The third kappa shape index (κ3) is 4.56. The molecule has 0 saturated carbocycles. The van der Waals surface area contributed by atoms with Gasteiger partial charge in [0.2, 0.25) is 0 Å². The van der Waals surface area contributed by atoms with Gasteiger partial charge in [-0.15, -0.1) is 11.8 Å². The van der Waals surface area contributed by atoms with Gasteiger partial charge in [0.1, 0.15) is 0 Å². The zero-order valence-corrected chi connectivity index (χ0v) is 13.5. The minimum absolute atomic E-state index is 0.243. The summed E-state index contributed by atoms with van der Waals surface area (Å²) in [5.74, 6) is 1.48. The summed E-state index contributed by atoms with van der Waals surface area (Å²) in [4.78, 5) is 1.15. The molecule has 20 heavy (non-hydrogen) atoms. The van der Waals surface area contributed by atoms with Crippen LogP contribution in [0.1, 0.15) is 5.56 Å². The Balaban J connectivity index is 2.77. The first kappa shape index (κ1) is 17.1. The molecule has 1 aromatic carbocycles. The Kier molecular flexibility index (Phi) is 7.76. The molecule has 0 aliphatic carbocycles. The van der Waals surface area contributed by atoms with E-state index in [2.05, 4.69) is 5.32 Å². The van der Waals surface area contributed by atoms with E-state index in [0.717, 1.165) is 22.0 Å². The molecule has 0 saturated heterocycles. The molecule has 0 aliphatic heterocycles. The van der Waals surface area contributed by atoms with Crippen LogP contribution >= 0.6 is 11.8 Å². The van der Waals surface area contributed by atoms with Gasteiger partial charge >= 0.3 is 0 Å². The van der Waals surface area contributed by atoms with E-state index >= 15 is 0 Å². The molecule has 0 fully saturated rings. The Morgan fingerprint density at radius 3 is 2.15 bits per heavy atom. The summed E-state index contributed by atoms with van der Waals surface area (Å²) in [6, 6.07) is 3.98. The van der Waals surface area contributed by atoms with Crippen molar-refractivity contribution in [2.45, 2.75) is 17.7 Å². The fourth-order valence-electron chi connectivity index (χ4n) is 1.82. The summed E-state index contributed by atoms with van der Waals surface area (Å²) in [5.41, 5.74) is 1.15. The molecule has 0 spiro atoms. The SMILES string of the molecule is COc1cc(CNCC(OC)OC)c(SC)cc1OC. The van der Waals surface area contributed by atoms with Gasteiger partial charge in [-0.3, -0.25) is 0 Å². The summed E-state index contributed by atoms with van der Waals surface area (Å²) in [6.45, 7) is 1.33. The van der Waals surface area contributed by atoms with E-state index in [4.69, 9.17) is 18.9 Å². The standard InChI is InChI=1S/C14H23NO4S/c1-16-11-6-10(8-15-9-14(18-3)19-4)13(20-5)7-12(11)17-2/h6-7,14-15H,8-9H2,1-5H3. The third-order valence-corrected chi connectivity index (χ3v) is 3.76. The average Bonchev–Trinajstić information content (AvgIpc) is 2.50. The highest BCUT2D eigenvalue weighted by molar-refractivity contribution is 7.98. The molecule has 0 aromatic heterocycles. The first-order valence-electron chi connectivity index (χ1n) is 6.25. The quantitative estimate of drug-likeness (QED) is 0.557. The van der Waals surface area contributed by atoms with E-state index in [1.807, 2.05) is 18.4 Å². The Morgan fingerprint density at radius 1 is 1.05 bits per heavy atom. The van der Waals surface area contributed by atoms with Crippen LogP contribution in [0, 0.1) is 0 Å². The van der Waals surface area contributed by atoms with E-state index in [9.17, 15) is 0 Å². The highest BCUT2D eigenvalue weighted by atomic mass is 32.2. The normalized spacial score (nSPS) is 10.9. The molecule has 0 atom stereocenters. The largest absolute Gasteiger partial charge is 0.493 e. The average molecular weight is 301 g/mol. The summed E-state index contributed by atoms with van der Waals surface area (Å²) >= 11 is 1.68. The zero-order chi connectivity index (χ0) is 15.0. The van der Waals surface area contributed by atoms with E-state index in [0.29, 0.717) is 13.1 Å². The number of thioether (sulfide) groups is 1. The van der Waals surface area contributed by atoms with Crippen LogP contribution in [0.15, 0.2) is 17.0 Å². The van der Waals surface area contributed by atoms with Crippen molar-refractivity contribution in [3.05, 3.63) is 17.7 Å². The monoisotopic (exact) mass is 301 g/mol. The molecular weight excluding hydrogens is 278 g/mol. The molecule has 5 nitrogen and oxygen atoms in total. The summed E-state index contributed by atoms with van der Waals surface area (Å²) in [7, 11) is 6.53.